The molecule has 0 amide bonds. The highest BCUT2D eigenvalue weighted by molar-refractivity contribution is 5.11. The maximum Gasteiger partial charge on any atom is 0.0579 e. The molecule has 20 heavy (non-hydrogen) atoms. The summed E-state index contributed by atoms with van der Waals surface area (Å²) in [6, 6.07) is 2.91. The van der Waals surface area contributed by atoms with Crippen LogP contribution in [-0.4, -0.2) is 9.78 Å². The van der Waals surface area contributed by atoms with Gasteiger partial charge in [-0.2, -0.15) is 5.10 Å². The monoisotopic (exact) mass is 273 g/mol. The van der Waals surface area contributed by atoms with Crippen LogP contribution in [0.1, 0.15) is 63.7 Å². The molecule has 110 valence electrons. The third-order valence-corrected chi connectivity index (χ3v) is 6.22. The van der Waals surface area contributed by atoms with Crippen molar-refractivity contribution in [3.63, 3.8) is 0 Å². The normalized spacial score (nSPS) is 40.5. The second kappa shape index (κ2) is 4.59. The molecule has 1 aromatic heterocycles. The van der Waals surface area contributed by atoms with Gasteiger partial charge in [0, 0.05) is 12.2 Å². The minimum atomic E-state index is 0.120. The predicted octanol–water partition coefficient (Wildman–Crippen LogP) is 3.54. The van der Waals surface area contributed by atoms with E-state index in [4.69, 9.17) is 10.8 Å². The van der Waals surface area contributed by atoms with Gasteiger partial charge in [-0.15, -0.1) is 0 Å². The van der Waals surface area contributed by atoms with Crippen molar-refractivity contribution >= 4 is 0 Å². The molecule has 1 aromatic rings. The smallest absolute Gasteiger partial charge is 0.0579 e. The summed E-state index contributed by atoms with van der Waals surface area (Å²) in [5.41, 5.74) is 7.68. The summed E-state index contributed by atoms with van der Waals surface area (Å²) in [4.78, 5) is 0. The van der Waals surface area contributed by atoms with Gasteiger partial charge in [0.2, 0.25) is 0 Å². The fourth-order valence-electron chi connectivity index (χ4n) is 5.47. The van der Waals surface area contributed by atoms with E-state index in [-0.39, 0.29) is 6.04 Å². The number of hydrogen-bond donors (Lipinski definition) is 1. The largest absolute Gasteiger partial charge is 0.322 e. The Morgan fingerprint density at radius 1 is 1.10 bits per heavy atom. The maximum atomic E-state index is 6.42. The highest BCUT2D eigenvalue weighted by Gasteiger charge is 2.49. The van der Waals surface area contributed by atoms with Crippen LogP contribution in [-0.2, 0) is 0 Å². The Labute approximate surface area is 121 Å². The third kappa shape index (κ3) is 1.86. The van der Waals surface area contributed by atoms with E-state index in [0.29, 0.717) is 12.0 Å². The van der Waals surface area contributed by atoms with Crippen molar-refractivity contribution in [2.45, 2.75) is 58.0 Å². The molecule has 3 heteroatoms. The number of rotatable bonds is 3. The quantitative estimate of drug-likeness (QED) is 0.915. The standard InChI is InChI=1S/C17H27N3/c1-10(2)16(18)15-3-4-19-20(15)17-13-6-11-5-12(8-13)9-14(17)7-11/h3-4,10-14,16-17H,5-9,18H2,1-2H3. The van der Waals surface area contributed by atoms with Crippen molar-refractivity contribution in [1.82, 2.24) is 9.78 Å². The molecule has 4 aliphatic carbocycles. The molecular formula is C17H27N3. The highest BCUT2D eigenvalue weighted by atomic mass is 15.3. The molecule has 0 spiro atoms. The SMILES string of the molecule is CC(C)C(N)c1ccnn1C1C2CC3CC(C2)CC1C3. The molecule has 5 rings (SSSR count). The predicted molar refractivity (Wildman–Crippen MR) is 80.1 cm³/mol. The Bertz CT molecular complexity index is 462. The van der Waals surface area contributed by atoms with E-state index in [1.54, 1.807) is 0 Å². The number of nitrogens with zero attached hydrogens (tertiary/aromatic N) is 2. The van der Waals surface area contributed by atoms with Crippen LogP contribution >= 0.6 is 0 Å². The van der Waals surface area contributed by atoms with Crippen LogP contribution in [0.25, 0.3) is 0 Å². The van der Waals surface area contributed by atoms with E-state index in [1.165, 1.54) is 37.8 Å². The number of aromatic nitrogens is 2. The summed E-state index contributed by atoms with van der Waals surface area (Å²) in [7, 11) is 0. The summed E-state index contributed by atoms with van der Waals surface area (Å²) in [6.07, 6.45) is 9.23. The van der Waals surface area contributed by atoms with Crippen molar-refractivity contribution in [3.05, 3.63) is 18.0 Å². The van der Waals surface area contributed by atoms with Gasteiger partial charge in [-0.1, -0.05) is 13.8 Å². The van der Waals surface area contributed by atoms with E-state index < -0.39 is 0 Å². The minimum absolute atomic E-state index is 0.120. The molecule has 4 fully saturated rings. The average Bonchev–Trinajstić information content (AvgIpc) is 2.85. The molecule has 1 heterocycles. The Morgan fingerprint density at radius 3 is 2.25 bits per heavy atom. The zero-order valence-corrected chi connectivity index (χ0v) is 12.7. The fourth-order valence-corrected chi connectivity index (χ4v) is 5.47. The Hall–Kier alpha value is -0.830. The van der Waals surface area contributed by atoms with Crippen molar-refractivity contribution in [2.75, 3.05) is 0 Å². The summed E-state index contributed by atoms with van der Waals surface area (Å²) >= 11 is 0. The lowest BCUT2D eigenvalue weighted by atomic mass is 9.54. The molecule has 4 saturated carbocycles. The number of nitrogens with two attached hydrogens (primary N) is 1. The van der Waals surface area contributed by atoms with Crippen LogP contribution in [0.5, 0.6) is 0 Å². The van der Waals surface area contributed by atoms with E-state index >= 15 is 0 Å². The lowest BCUT2D eigenvalue weighted by Crippen LogP contribution is -2.46. The van der Waals surface area contributed by atoms with E-state index in [0.717, 1.165) is 23.7 Å². The summed E-state index contributed by atoms with van der Waals surface area (Å²) in [5.74, 6) is 4.24. The lowest BCUT2D eigenvalue weighted by molar-refractivity contribution is -0.0351. The van der Waals surface area contributed by atoms with Crippen molar-refractivity contribution in [1.29, 1.82) is 0 Å². The van der Waals surface area contributed by atoms with Gasteiger partial charge in [-0.05, 0) is 67.8 Å². The maximum absolute atomic E-state index is 6.42. The number of hydrogen-bond acceptors (Lipinski definition) is 2. The zero-order valence-electron chi connectivity index (χ0n) is 12.7. The first kappa shape index (κ1) is 12.9. The van der Waals surface area contributed by atoms with Gasteiger partial charge in [0.25, 0.3) is 0 Å². The average molecular weight is 273 g/mol. The van der Waals surface area contributed by atoms with Gasteiger partial charge in [0.1, 0.15) is 0 Å². The molecule has 0 saturated heterocycles. The first-order valence-corrected chi connectivity index (χ1v) is 8.42. The molecule has 0 aromatic carbocycles. The first-order chi connectivity index (χ1) is 9.63. The molecule has 4 bridgehead atoms. The van der Waals surface area contributed by atoms with E-state index in [1.807, 2.05) is 6.20 Å². The van der Waals surface area contributed by atoms with Gasteiger partial charge in [-0.25, -0.2) is 0 Å². The van der Waals surface area contributed by atoms with Crippen LogP contribution in [0.4, 0.5) is 0 Å². The van der Waals surface area contributed by atoms with Gasteiger partial charge in [-0.3, -0.25) is 4.68 Å². The molecule has 0 aliphatic heterocycles. The molecule has 2 N–H and O–H groups in total. The van der Waals surface area contributed by atoms with Crippen LogP contribution < -0.4 is 5.73 Å². The molecule has 4 aliphatic rings. The van der Waals surface area contributed by atoms with Crippen molar-refractivity contribution < 1.29 is 0 Å². The molecule has 0 radical (unpaired) electrons. The molecule has 3 nitrogen and oxygen atoms in total. The van der Waals surface area contributed by atoms with E-state index in [9.17, 15) is 0 Å². The van der Waals surface area contributed by atoms with Crippen molar-refractivity contribution in [3.8, 4) is 0 Å². The zero-order chi connectivity index (χ0) is 13.9. The van der Waals surface area contributed by atoms with E-state index in [2.05, 4.69) is 24.6 Å². The summed E-state index contributed by atoms with van der Waals surface area (Å²) in [6.45, 7) is 4.41. The molecule has 1 atom stereocenters. The Morgan fingerprint density at radius 2 is 1.70 bits per heavy atom. The lowest BCUT2D eigenvalue weighted by Gasteiger charge is -2.54. The van der Waals surface area contributed by atoms with Gasteiger partial charge in [0.15, 0.2) is 0 Å². The van der Waals surface area contributed by atoms with Crippen molar-refractivity contribution in [2.24, 2.45) is 35.3 Å². The van der Waals surface area contributed by atoms with Crippen LogP contribution in [0.3, 0.4) is 0 Å². The summed E-state index contributed by atoms with van der Waals surface area (Å²) < 4.78 is 2.33. The molecule has 1 unspecified atom stereocenters. The van der Waals surface area contributed by atoms with Crippen LogP contribution in [0, 0.1) is 29.6 Å². The van der Waals surface area contributed by atoms with Gasteiger partial charge < -0.3 is 5.73 Å². The second-order valence-electron chi connectivity index (χ2n) is 7.89. The van der Waals surface area contributed by atoms with Gasteiger partial charge >= 0.3 is 0 Å². The summed E-state index contributed by atoms with van der Waals surface area (Å²) in [5, 5.41) is 4.70. The third-order valence-electron chi connectivity index (χ3n) is 6.22. The highest BCUT2D eigenvalue weighted by Crippen LogP contribution is 2.58. The first-order valence-electron chi connectivity index (χ1n) is 8.42. The minimum Gasteiger partial charge on any atom is -0.322 e. The van der Waals surface area contributed by atoms with Crippen LogP contribution in [0.15, 0.2) is 12.3 Å². The van der Waals surface area contributed by atoms with Gasteiger partial charge in [0.05, 0.1) is 11.7 Å². The Kier molecular flexibility index (Phi) is 2.95. The topological polar surface area (TPSA) is 43.8 Å². The second-order valence-corrected chi connectivity index (χ2v) is 7.89. The fraction of sp³-hybridized carbons (Fsp3) is 0.824. The Balaban J connectivity index is 1.67. The van der Waals surface area contributed by atoms with Crippen LogP contribution in [0.2, 0.25) is 0 Å². The molecular weight excluding hydrogens is 246 g/mol.